The second kappa shape index (κ2) is 8.23. The third kappa shape index (κ3) is 4.05. The van der Waals surface area contributed by atoms with E-state index in [1.54, 1.807) is 72.8 Å². The molecule has 0 aliphatic heterocycles. The number of carbonyl (C=O) groups is 2. The molecule has 0 aromatic heterocycles. The maximum atomic E-state index is 12.9. The molecule has 0 spiro atoms. The molecule has 0 radical (unpaired) electrons. The van der Waals surface area contributed by atoms with Crippen LogP contribution < -0.4 is 0 Å². The van der Waals surface area contributed by atoms with Crippen molar-refractivity contribution in [1.82, 2.24) is 0 Å². The van der Waals surface area contributed by atoms with Gasteiger partial charge in [0.15, 0.2) is 6.10 Å². The summed E-state index contributed by atoms with van der Waals surface area (Å²) in [5, 5.41) is 9.10. The van der Waals surface area contributed by atoms with Crippen LogP contribution in [-0.2, 0) is 11.3 Å². The SMILES string of the molecule is O=C(O[C@H](C(=O)c1ccccc1)c1ccccc1)c1ccc(CO)cc1. The number of aliphatic hydroxyl groups excluding tert-OH is 1. The van der Waals surface area contributed by atoms with Crippen molar-refractivity contribution >= 4 is 11.8 Å². The molecule has 0 fully saturated rings. The molecule has 3 aromatic rings. The van der Waals surface area contributed by atoms with Gasteiger partial charge in [0.2, 0.25) is 5.78 Å². The molecule has 3 aromatic carbocycles. The lowest BCUT2D eigenvalue weighted by atomic mass is 9.99. The quantitative estimate of drug-likeness (QED) is 0.542. The summed E-state index contributed by atoms with van der Waals surface area (Å²) in [6.45, 7) is -0.103. The Hall–Kier alpha value is -3.24. The zero-order valence-corrected chi connectivity index (χ0v) is 14.0. The number of hydrogen-bond donors (Lipinski definition) is 1. The van der Waals surface area contributed by atoms with Crippen LogP contribution in [-0.4, -0.2) is 16.9 Å². The highest BCUT2D eigenvalue weighted by molar-refractivity contribution is 6.02. The van der Waals surface area contributed by atoms with Gasteiger partial charge in [-0.15, -0.1) is 0 Å². The van der Waals surface area contributed by atoms with E-state index in [4.69, 9.17) is 9.84 Å². The molecule has 130 valence electrons. The first-order chi connectivity index (χ1) is 12.7. The number of esters is 1. The summed E-state index contributed by atoms with van der Waals surface area (Å²) in [7, 11) is 0. The van der Waals surface area contributed by atoms with Gasteiger partial charge in [-0.2, -0.15) is 0 Å². The third-order valence-corrected chi connectivity index (χ3v) is 4.00. The molecule has 4 nitrogen and oxygen atoms in total. The number of carbonyl (C=O) groups excluding carboxylic acids is 2. The van der Waals surface area contributed by atoms with Crippen LogP contribution in [0.4, 0.5) is 0 Å². The largest absolute Gasteiger partial charge is 0.445 e. The molecule has 0 saturated carbocycles. The van der Waals surface area contributed by atoms with Crippen LogP contribution >= 0.6 is 0 Å². The van der Waals surface area contributed by atoms with Crippen molar-refractivity contribution in [3.05, 3.63) is 107 Å². The lowest BCUT2D eigenvalue weighted by Gasteiger charge is -2.17. The lowest BCUT2D eigenvalue weighted by Crippen LogP contribution is -2.20. The van der Waals surface area contributed by atoms with Crippen LogP contribution in [0.5, 0.6) is 0 Å². The Morgan fingerprint density at radius 2 is 1.35 bits per heavy atom. The zero-order chi connectivity index (χ0) is 18.4. The smallest absolute Gasteiger partial charge is 0.339 e. The van der Waals surface area contributed by atoms with Crippen LogP contribution in [0.3, 0.4) is 0 Å². The Morgan fingerprint density at radius 1 is 0.769 bits per heavy atom. The van der Waals surface area contributed by atoms with Gasteiger partial charge in [-0.05, 0) is 17.7 Å². The maximum Gasteiger partial charge on any atom is 0.339 e. The highest BCUT2D eigenvalue weighted by Crippen LogP contribution is 2.24. The number of Topliss-reactive ketones (excluding diaryl/α,β-unsaturated/α-hetero) is 1. The summed E-state index contributed by atoms with van der Waals surface area (Å²) in [6.07, 6.45) is -1.02. The average Bonchev–Trinajstić information content (AvgIpc) is 2.72. The number of ether oxygens (including phenoxy) is 1. The van der Waals surface area contributed by atoms with Gasteiger partial charge in [-0.3, -0.25) is 4.79 Å². The lowest BCUT2D eigenvalue weighted by molar-refractivity contribution is 0.0280. The van der Waals surface area contributed by atoms with Gasteiger partial charge in [0.25, 0.3) is 0 Å². The Kier molecular flexibility index (Phi) is 5.56. The highest BCUT2D eigenvalue weighted by atomic mass is 16.5. The number of hydrogen-bond acceptors (Lipinski definition) is 4. The first-order valence-electron chi connectivity index (χ1n) is 8.24. The fourth-order valence-electron chi connectivity index (χ4n) is 2.58. The molecule has 0 saturated heterocycles. The minimum Gasteiger partial charge on any atom is -0.445 e. The summed E-state index contributed by atoms with van der Waals surface area (Å²) < 4.78 is 5.56. The number of rotatable bonds is 6. The molecule has 0 aliphatic carbocycles. The van der Waals surface area contributed by atoms with Crippen LogP contribution in [0.2, 0.25) is 0 Å². The normalized spacial score (nSPS) is 11.6. The van der Waals surface area contributed by atoms with Gasteiger partial charge in [0, 0.05) is 11.1 Å². The summed E-state index contributed by atoms with van der Waals surface area (Å²) in [4.78, 5) is 25.4. The van der Waals surface area contributed by atoms with E-state index in [2.05, 4.69) is 0 Å². The molecule has 0 heterocycles. The van der Waals surface area contributed by atoms with Crippen LogP contribution in [0.1, 0.15) is 37.9 Å². The minimum atomic E-state index is -1.02. The Morgan fingerprint density at radius 3 is 1.92 bits per heavy atom. The topological polar surface area (TPSA) is 63.6 Å². The molecule has 0 aliphatic rings. The number of ketones is 1. The van der Waals surface area contributed by atoms with Crippen LogP contribution in [0.15, 0.2) is 84.9 Å². The number of aliphatic hydroxyl groups is 1. The van der Waals surface area contributed by atoms with E-state index in [-0.39, 0.29) is 12.4 Å². The van der Waals surface area contributed by atoms with Crippen molar-refractivity contribution in [1.29, 1.82) is 0 Å². The molecular formula is C22H18O4. The molecule has 0 unspecified atom stereocenters. The van der Waals surface area contributed by atoms with Crippen molar-refractivity contribution < 1.29 is 19.4 Å². The fraction of sp³-hybridized carbons (Fsp3) is 0.0909. The first-order valence-corrected chi connectivity index (χ1v) is 8.24. The van der Waals surface area contributed by atoms with Gasteiger partial charge in [-0.25, -0.2) is 4.79 Å². The van der Waals surface area contributed by atoms with Crippen molar-refractivity contribution in [2.24, 2.45) is 0 Å². The van der Waals surface area contributed by atoms with E-state index in [1.807, 2.05) is 12.1 Å². The van der Waals surface area contributed by atoms with Gasteiger partial charge in [0.1, 0.15) is 0 Å². The van der Waals surface area contributed by atoms with Gasteiger partial charge in [0.05, 0.1) is 12.2 Å². The Labute approximate surface area is 151 Å². The summed E-state index contributed by atoms with van der Waals surface area (Å²) in [5.41, 5.74) is 2.11. The molecule has 1 atom stereocenters. The van der Waals surface area contributed by atoms with Crippen LogP contribution in [0, 0.1) is 0 Å². The van der Waals surface area contributed by atoms with Gasteiger partial charge in [-0.1, -0.05) is 72.8 Å². The maximum absolute atomic E-state index is 12.9. The van der Waals surface area contributed by atoms with E-state index in [9.17, 15) is 9.59 Å². The summed E-state index contributed by atoms with van der Waals surface area (Å²) in [5.74, 6) is -0.871. The first kappa shape index (κ1) is 17.6. The second-order valence-corrected chi connectivity index (χ2v) is 5.78. The monoisotopic (exact) mass is 346 g/mol. The minimum absolute atomic E-state index is 0.103. The Balaban J connectivity index is 1.88. The predicted octanol–water partition coefficient (Wildman–Crippen LogP) is 3.96. The molecule has 3 rings (SSSR count). The van der Waals surface area contributed by atoms with E-state index in [1.165, 1.54) is 0 Å². The van der Waals surface area contributed by atoms with Crippen molar-refractivity contribution in [2.45, 2.75) is 12.7 Å². The molecule has 1 N–H and O–H groups in total. The van der Waals surface area contributed by atoms with Gasteiger partial charge < -0.3 is 9.84 Å². The van der Waals surface area contributed by atoms with Crippen LogP contribution in [0.25, 0.3) is 0 Å². The van der Waals surface area contributed by atoms with Crippen molar-refractivity contribution in [2.75, 3.05) is 0 Å². The third-order valence-electron chi connectivity index (χ3n) is 4.00. The standard InChI is InChI=1S/C22H18O4/c23-15-16-11-13-19(14-12-16)22(25)26-21(18-9-5-2-6-10-18)20(24)17-7-3-1-4-8-17/h1-14,21,23H,15H2/t21-/m0/s1. The van der Waals surface area contributed by atoms with E-state index in [0.29, 0.717) is 22.3 Å². The molecule has 4 heteroatoms. The van der Waals surface area contributed by atoms with Crippen molar-refractivity contribution in [3.63, 3.8) is 0 Å². The summed E-state index contributed by atoms with van der Waals surface area (Å²) in [6, 6.07) is 24.1. The summed E-state index contributed by atoms with van der Waals surface area (Å²) >= 11 is 0. The molecule has 26 heavy (non-hydrogen) atoms. The average molecular weight is 346 g/mol. The Bertz CT molecular complexity index is 871. The predicted molar refractivity (Wildman–Crippen MR) is 97.7 cm³/mol. The molecular weight excluding hydrogens is 328 g/mol. The van der Waals surface area contributed by atoms with Crippen molar-refractivity contribution in [3.8, 4) is 0 Å². The molecule has 0 bridgehead atoms. The van der Waals surface area contributed by atoms with Gasteiger partial charge >= 0.3 is 5.97 Å². The molecule has 0 amide bonds. The van der Waals surface area contributed by atoms with E-state index < -0.39 is 12.1 Å². The fourth-order valence-corrected chi connectivity index (χ4v) is 2.58. The second-order valence-electron chi connectivity index (χ2n) is 5.78. The highest BCUT2D eigenvalue weighted by Gasteiger charge is 2.26. The number of benzene rings is 3. The van der Waals surface area contributed by atoms with E-state index in [0.717, 1.165) is 0 Å². The van der Waals surface area contributed by atoms with E-state index >= 15 is 0 Å². The zero-order valence-electron chi connectivity index (χ0n) is 14.0.